The van der Waals surface area contributed by atoms with Crippen LogP contribution in [0.25, 0.3) is 11.8 Å². The van der Waals surface area contributed by atoms with Crippen LogP contribution in [-0.4, -0.2) is 29.4 Å². The molecule has 7 nitrogen and oxygen atoms in total. The highest BCUT2D eigenvalue weighted by Gasteiger charge is 2.23. The molecule has 0 atom stereocenters. The second-order valence-corrected chi connectivity index (χ2v) is 7.05. The van der Waals surface area contributed by atoms with Crippen molar-refractivity contribution in [3.63, 3.8) is 0 Å². The molecule has 1 N–H and O–H groups in total. The summed E-state index contributed by atoms with van der Waals surface area (Å²) in [5, 5.41) is 16.4. The average Bonchev–Trinajstić information content (AvgIpc) is 3.39. The van der Waals surface area contributed by atoms with Gasteiger partial charge in [0, 0.05) is 11.6 Å². The lowest BCUT2D eigenvalue weighted by atomic mass is 10.2. The Morgan fingerprint density at radius 2 is 2.06 bits per heavy atom. The van der Waals surface area contributed by atoms with Crippen molar-refractivity contribution in [2.45, 2.75) is 19.3 Å². The monoisotopic (exact) mass is 414 g/mol. The Hall–Kier alpha value is -4.05. The molecular weight excluding hydrogens is 392 g/mol. The van der Waals surface area contributed by atoms with Gasteiger partial charge in [-0.3, -0.25) is 4.79 Å². The van der Waals surface area contributed by atoms with E-state index in [9.17, 15) is 4.79 Å². The molecule has 0 fully saturated rings. The molecule has 0 saturated carbocycles. The van der Waals surface area contributed by atoms with Gasteiger partial charge in [-0.15, -0.1) is 0 Å². The number of hydrogen-bond donors (Lipinski definition) is 1. The van der Waals surface area contributed by atoms with E-state index in [1.165, 1.54) is 13.2 Å². The van der Waals surface area contributed by atoms with Gasteiger partial charge < -0.3 is 14.8 Å². The lowest BCUT2D eigenvalue weighted by molar-refractivity contribution is -0.111. The Balaban J connectivity index is 1.53. The normalized spacial score (nSPS) is 12.4. The topological polar surface area (TPSA) is 89.2 Å². The molecule has 1 aromatic heterocycles. The third-order valence-electron chi connectivity index (χ3n) is 5.06. The van der Waals surface area contributed by atoms with Crippen molar-refractivity contribution in [3.8, 4) is 23.3 Å². The minimum absolute atomic E-state index is 0.0621. The van der Waals surface area contributed by atoms with Crippen LogP contribution in [0.3, 0.4) is 0 Å². The van der Waals surface area contributed by atoms with E-state index < -0.39 is 0 Å². The lowest BCUT2D eigenvalue weighted by Crippen LogP contribution is -2.13. The van der Waals surface area contributed by atoms with E-state index in [1.807, 2.05) is 36.4 Å². The van der Waals surface area contributed by atoms with Gasteiger partial charge in [-0.1, -0.05) is 24.3 Å². The third-order valence-corrected chi connectivity index (χ3v) is 5.06. The molecule has 0 unspecified atom stereocenters. The molecular formula is C24H22N4O3. The fraction of sp³-hybridized carbons (Fsp3) is 0.208. The zero-order chi connectivity index (χ0) is 21.6. The van der Waals surface area contributed by atoms with Gasteiger partial charge >= 0.3 is 0 Å². The second kappa shape index (κ2) is 9.18. The molecule has 7 heteroatoms. The highest BCUT2D eigenvalue weighted by molar-refractivity contribution is 6.02. The molecule has 3 aromatic rings. The molecule has 2 aromatic carbocycles. The number of ether oxygens (including phenoxy) is 2. The van der Waals surface area contributed by atoms with Crippen LogP contribution >= 0.6 is 0 Å². The third kappa shape index (κ3) is 4.43. The van der Waals surface area contributed by atoms with Gasteiger partial charge in [0.2, 0.25) is 5.91 Å². The number of carbonyl (C=O) groups excluding carboxylic acids is 1. The van der Waals surface area contributed by atoms with Gasteiger partial charge in [0.1, 0.15) is 11.9 Å². The number of carbonyl (C=O) groups is 1. The number of nitriles is 1. The molecule has 1 aliphatic carbocycles. The lowest BCUT2D eigenvalue weighted by Gasteiger charge is -2.10. The number of nitrogens with zero attached hydrogens (tertiary/aromatic N) is 3. The van der Waals surface area contributed by atoms with E-state index >= 15 is 0 Å². The molecule has 1 amide bonds. The second-order valence-electron chi connectivity index (χ2n) is 7.05. The number of fused-ring (bicyclic) bond motifs is 1. The van der Waals surface area contributed by atoms with Crippen LogP contribution in [-0.2, 0) is 17.6 Å². The van der Waals surface area contributed by atoms with Gasteiger partial charge in [0.05, 0.1) is 18.5 Å². The highest BCUT2D eigenvalue weighted by Crippen LogP contribution is 2.31. The summed E-state index contributed by atoms with van der Waals surface area (Å²) in [7, 11) is 1.53. The van der Waals surface area contributed by atoms with Gasteiger partial charge in [-0.05, 0) is 55.2 Å². The number of rotatable bonds is 7. The molecule has 1 aliphatic rings. The highest BCUT2D eigenvalue weighted by atomic mass is 16.5. The van der Waals surface area contributed by atoms with E-state index in [0.29, 0.717) is 11.5 Å². The number of aromatic nitrogens is 2. The van der Waals surface area contributed by atoms with E-state index in [4.69, 9.17) is 19.8 Å². The summed E-state index contributed by atoms with van der Waals surface area (Å²) in [6.45, 7) is -0.0621. The predicted octanol–water partition coefficient (Wildman–Crippen LogP) is 3.92. The predicted molar refractivity (Wildman–Crippen MR) is 117 cm³/mol. The Morgan fingerprint density at radius 3 is 2.84 bits per heavy atom. The van der Waals surface area contributed by atoms with E-state index in [1.54, 1.807) is 29.0 Å². The summed E-state index contributed by atoms with van der Waals surface area (Å²) < 4.78 is 12.4. The van der Waals surface area contributed by atoms with Crippen molar-refractivity contribution in [2.75, 3.05) is 19.0 Å². The average molecular weight is 414 g/mol. The van der Waals surface area contributed by atoms with Crippen LogP contribution in [0.1, 0.15) is 23.2 Å². The summed E-state index contributed by atoms with van der Waals surface area (Å²) in [5.74, 6) is 1.47. The molecule has 156 valence electrons. The van der Waals surface area contributed by atoms with E-state index in [-0.39, 0.29) is 12.5 Å². The van der Waals surface area contributed by atoms with E-state index in [2.05, 4.69) is 5.32 Å². The molecule has 0 aliphatic heterocycles. The number of anilines is 1. The van der Waals surface area contributed by atoms with E-state index in [0.717, 1.165) is 47.6 Å². The fourth-order valence-electron chi connectivity index (χ4n) is 3.62. The maximum atomic E-state index is 12.7. The van der Waals surface area contributed by atoms with Crippen LogP contribution in [0.15, 0.2) is 54.6 Å². The summed E-state index contributed by atoms with van der Waals surface area (Å²) in [5.41, 5.74) is 3.83. The maximum absolute atomic E-state index is 12.7. The Bertz CT molecular complexity index is 1160. The molecule has 1 heterocycles. The van der Waals surface area contributed by atoms with Gasteiger partial charge in [-0.2, -0.15) is 10.4 Å². The summed E-state index contributed by atoms with van der Waals surface area (Å²) in [6.07, 6.45) is 6.06. The first-order valence-corrected chi connectivity index (χ1v) is 10.0. The van der Waals surface area contributed by atoms with Gasteiger partial charge in [-0.25, -0.2) is 4.68 Å². The van der Waals surface area contributed by atoms with Crippen molar-refractivity contribution < 1.29 is 14.3 Å². The molecule has 0 saturated heterocycles. The van der Waals surface area contributed by atoms with Crippen LogP contribution in [0.2, 0.25) is 0 Å². The minimum Gasteiger partial charge on any atom is -0.493 e. The Morgan fingerprint density at radius 1 is 1.23 bits per heavy atom. The summed E-state index contributed by atoms with van der Waals surface area (Å²) in [4.78, 5) is 12.7. The number of aryl methyl sites for hydroxylation is 1. The maximum Gasteiger partial charge on any atom is 0.249 e. The number of nitrogens with one attached hydrogen (secondary N) is 1. The van der Waals surface area contributed by atoms with Crippen LogP contribution < -0.4 is 14.8 Å². The quantitative estimate of drug-likeness (QED) is 0.592. The number of amides is 1. The molecule has 0 spiro atoms. The minimum atomic E-state index is -0.240. The molecule has 31 heavy (non-hydrogen) atoms. The molecule has 0 bridgehead atoms. The first-order valence-electron chi connectivity index (χ1n) is 10.0. The van der Waals surface area contributed by atoms with Crippen molar-refractivity contribution in [1.82, 2.24) is 9.78 Å². The zero-order valence-corrected chi connectivity index (χ0v) is 17.2. The van der Waals surface area contributed by atoms with Crippen LogP contribution in [0.5, 0.6) is 11.5 Å². The number of para-hydroxylation sites is 1. The molecule has 4 rings (SSSR count). The standard InChI is InChI=1S/C24H22N4O3/c1-30-22-16-17(10-12-21(22)31-15-14-25)11-13-23(29)26-24-19-8-5-9-20(19)27-28(24)18-6-3-2-4-7-18/h2-4,6-7,10-13,16H,5,8-9,15H2,1H3,(H,26,29)/b13-11+. The van der Waals surface area contributed by atoms with Crippen molar-refractivity contribution in [3.05, 3.63) is 71.4 Å². The van der Waals surface area contributed by atoms with Crippen LogP contribution in [0, 0.1) is 11.3 Å². The van der Waals surface area contributed by atoms with Crippen LogP contribution in [0.4, 0.5) is 5.82 Å². The number of methoxy groups -OCH3 is 1. The van der Waals surface area contributed by atoms with Gasteiger partial charge in [0.15, 0.2) is 18.1 Å². The Labute approximate surface area is 180 Å². The Kier molecular flexibility index (Phi) is 5.99. The summed E-state index contributed by atoms with van der Waals surface area (Å²) in [6, 6.07) is 17.0. The first-order chi connectivity index (χ1) is 15.2. The van der Waals surface area contributed by atoms with Crippen molar-refractivity contribution in [1.29, 1.82) is 5.26 Å². The zero-order valence-electron chi connectivity index (χ0n) is 17.2. The first kappa shape index (κ1) is 20.2. The number of benzene rings is 2. The number of hydrogen-bond acceptors (Lipinski definition) is 5. The van der Waals surface area contributed by atoms with Crippen molar-refractivity contribution >= 4 is 17.8 Å². The summed E-state index contributed by atoms with van der Waals surface area (Å²) >= 11 is 0. The van der Waals surface area contributed by atoms with Gasteiger partial charge in [0.25, 0.3) is 0 Å². The SMILES string of the molecule is COc1cc(/C=C/C(=O)Nc2c3c(nn2-c2ccccc2)CCC3)ccc1OCC#N. The smallest absolute Gasteiger partial charge is 0.249 e. The van der Waals surface area contributed by atoms with Crippen molar-refractivity contribution in [2.24, 2.45) is 0 Å². The largest absolute Gasteiger partial charge is 0.493 e. The molecule has 0 radical (unpaired) electrons. The fourth-order valence-corrected chi connectivity index (χ4v) is 3.62.